The largest absolute Gasteiger partial charge is 0.413 e. The highest BCUT2D eigenvalue weighted by atomic mass is 35.5. The van der Waals surface area contributed by atoms with Crippen LogP contribution in [-0.4, -0.2) is 19.0 Å². The Bertz CT molecular complexity index is 548. The molecule has 0 aromatic rings. The number of nitrogens with one attached hydrogen (secondary N) is 2. The third kappa shape index (κ3) is 7.43. The zero-order chi connectivity index (χ0) is 18.2. The van der Waals surface area contributed by atoms with E-state index in [0.717, 1.165) is 12.3 Å². The van der Waals surface area contributed by atoms with Gasteiger partial charge in [-0.15, -0.1) is 0 Å². The van der Waals surface area contributed by atoms with Crippen molar-refractivity contribution in [1.29, 1.82) is 0 Å². The van der Waals surface area contributed by atoms with Crippen LogP contribution in [0, 0.1) is 17.8 Å². The zero-order valence-corrected chi connectivity index (χ0v) is 16.5. The Labute approximate surface area is 160 Å². The van der Waals surface area contributed by atoms with Crippen LogP contribution >= 0.6 is 23.2 Å². The summed E-state index contributed by atoms with van der Waals surface area (Å²) in [5.41, 5.74) is 2.87. The minimum Gasteiger partial charge on any atom is -0.413 e. The first-order valence-electron chi connectivity index (χ1n) is 9.03. The van der Waals surface area contributed by atoms with Gasteiger partial charge in [-0.3, -0.25) is 4.79 Å². The Morgan fingerprint density at radius 2 is 2.16 bits per heavy atom. The lowest BCUT2D eigenvalue weighted by Gasteiger charge is -2.23. The Kier molecular flexibility index (Phi) is 8.34. The Morgan fingerprint density at radius 3 is 2.84 bits per heavy atom. The molecule has 2 unspecified atom stereocenters. The molecular formula is C19H28Cl2N2O2. The minimum absolute atomic E-state index is 0.0714. The summed E-state index contributed by atoms with van der Waals surface area (Å²) >= 11 is 12.0. The molecule has 1 amide bonds. The highest BCUT2D eigenvalue weighted by molar-refractivity contribution is 6.34. The van der Waals surface area contributed by atoms with Crippen molar-refractivity contribution >= 4 is 29.1 Å². The van der Waals surface area contributed by atoms with Crippen molar-refractivity contribution in [3.63, 3.8) is 0 Å². The summed E-state index contributed by atoms with van der Waals surface area (Å²) in [6.45, 7) is 5.12. The molecule has 6 heteroatoms. The first-order valence-corrected chi connectivity index (χ1v) is 9.79. The second-order valence-electron chi connectivity index (χ2n) is 7.05. The number of hydrogen-bond donors (Lipinski definition) is 2. The first kappa shape index (κ1) is 20.3. The van der Waals surface area contributed by atoms with Gasteiger partial charge in [-0.1, -0.05) is 49.0 Å². The maximum atomic E-state index is 12.4. The summed E-state index contributed by atoms with van der Waals surface area (Å²) in [7, 11) is 0. The summed E-state index contributed by atoms with van der Waals surface area (Å²) in [5, 5.41) is 4.34. The maximum absolute atomic E-state index is 12.4. The van der Waals surface area contributed by atoms with E-state index in [1.54, 1.807) is 13.0 Å². The Balaban J connectivity index is 1.86. The van der Waals surface area contributed by atoms with Gasteiger partial charge >= 0.3 is 0 Å². The van der Waals surface area contributed by atoms with Crippen LogP contribution in [0.3, 0.4) is 0 Å². The fourth-order valence-electron chi connectivity index (χ4n) is 3.30. The Hall–Kier alpha value is -0.970. The van der Waals surface area contributed by atoms with Crippen LogP contribution in [-0.2, 0) is 9.63 Å². The molecule has 1 heterocycles. The molecule has 2 aliphatic rings. The molecule has 0 aromatic carbocycles. The van der Waals surface area contributed by atoms with Crippen molar-refractivity contribution in [2.24, 2.45) is 17.8 Å². The van der Waals surface area contributed by atoms with E-state index in [9.17, 15) is 4.79 Å². The summed E-state index contributed by atoms with van der Waals surface area (Å²) < 4.78 is 0. The van der Waals surface area contributed by atoms with Crippen LogP contribution in [0.25, 0.3) is 0 Å². The minimum atomic E-state index is -0.193. The van der Waals surface area contributed by atoms with Crippen molar-refractivity contribution < 1.29 is 9.63 Å². The molecule has 0 saturated heterocycles. The van der Waals surface area contributed by atoms with E-state index in [2.05, 4.69) is 10.8 Å². The number of carbonyl (C=O) groups is 1. The highest BCUT2D eigenvalue weighted by Crippen LogP contribution is 2.24. The van der Waals surface area contributed by atoms with Gasteiger partial charge in [0.2, 0.25) is 5.91 Å². The number of allylic oxidation sites excluding steroid dienone is 5. The molecule has 2 rings (SSSR count). The van der Waals surface area contributed by atoms with E-state index in [1.807, 2.05) is 19.1 Å². The second-order valence-corrected chi connectivity index (χ2v) is 8.08. The van der Waals surface area contributed by atoms with E-state index in [-0.39, 0.29) is 17.7 Å². The van der Waals surface area contributed by atoms with Crippen LogP contribution in [0.2, 0.25) is 0 Å². The van der Waals surface area contributed by atoms with Gasteiger partial charge in [0.05, 0.1) is 5.92 Å². The summed E-state index contributed by atoms with van der Waals surface area (Å²) in [6, 6.07) is 0. The van der Waals surface area contributed by atoms with Crippen LogP contribution in [0.15, 0.2) is 34.1 Å². The quantitative estimate of drug-likeness (QED) is 0.627. The van der Waals surface area contributed by atoms with Gasteiger partial charge in [-0.05, 0) is 43.8 Å². The topological polar surface area (TPSA) is 50.4 Å². The smallest absolute Gasteiger partial charge is 0.228 e. The monoisotopic (exact) mass is 386 g/mol. The van der Waals surface area contributed by atoms with E-state index >= 15 is 0 Å². The first-order chi connectivity index (χ1) is 11.9. The van der Waals surface area contributed by atoms with Crippen LogP contribution in [0.4, 0.5) is 0 Å². The van der Waals surface area contributed by atoms with Crippen molar-refractivity contribution in [3.8, 4) is 0 Å². The second kappa shape index (κ2) is 10.2. The molecule has 1 saturated carbocycles. The maximum Gasteiger partial charge on any atom is 0.228 e. The van der Waals surface area contributed by atoms with Crippen LogP contribution in [0.5, 0.6) is 0 Å². The predicted octanol–water partition coefficient (Wildman–Crippen LogP) is 4.62. The molecule has 0 spiro atoms. The molecule has 0 bridgehead atoms. The number of amides is 1. The summed E-state index contributed by atoms with van der Waals surface area (Å²) in [4.78, 5) is 17.9. The molecule has 0 radical (unpaired) electrons. The average Bonchev–Trinajstić information content (AvgIpc) is 3.05. The number of carbonyl (C=O) groups excluding carboxylic acids is 1. The fraction of sp³-hybridized carbons (Fsp3) is 0.632. The van der Waals surface area contributed by atoms with E-state index in [1.165, 1.54) is 25.7 Å². The molecule has 4 nitrogen and oxygen atoms in total. The zero-order valence-electron chi connectivity index (χ0n) is 15.0. The standard InChI is InChI=1S/C19H28Cl2N2O2/c1-13(7-17(21)9-14(2)20)8-18-10-16(12-23-25-18)19(24)22-11-15-5-3-4-6-15/h7,9-10,13,15-16,23H,3-6,8,11-12H2,1-2H3,(H,22,24)/b14-9+,17-7+. The van der Waals surface area contributed by atoms with E-state index in [0.29, 0.717) is 28.9 Å². The average molecular weight is 387 g/mol. The number of hydroxylamine groups is 1. The van der Waals surface area contributed by atoms with Gasteiger partial charge in [-0.2, -0.15) is 5.48 Å². The lowest BCUT2D eigenvalue weighted by atomic mass is 10.0. The van der Waals surface area contributed by atoms with Crippen molar-refractivity contribution in [2.75, 3.05) is 13.1 Å². The van der Waals surface area contributed by atoms with Crippen molar-refractivity contribution in [3.05, 3.63) is 34.1 Å². The van der Waals surface area contributed by atoms with E-state index < -0.39 is 0 Å². The van der Waals surface area contributed by atoms with Gasteiger partial charge in [0, 0.05) is 29.6 Å². The molecule has 1 aliphatic heterocycles. The molecule has 1 fully saturated rings. The SMILES string of the molecule is C/C(Cl)=C\C(Cl)=C/C(C)CC1=CC(C(=O)NCC2CCCC2)CNO1. The van der Waals surface area contributed by atoms with Crippen LogP contribution in [0.1, 0.15) is 46.0 Å². The van der Waals surface area contributed by atoms with Crippen LogP contribution < -0.4 is 10.8 Å². The molecule has 1 aliphatic carbocycles. The predicted molar refractivity (Wildman–Crippen MR) is 103 cm³/mol. The third-order valence-corrected chi connectivity index (χ3v) is 4.92. The van der Waals surface area contributed by atoms with Crippen molar-refractivity contribution in [2.45, 2.75) is 46.0 Å². The van der Waals surface area contributed by atoms with Gasteiger partial charge < -0.3 is 10.2 Å². The molecule has 140 valence electrons. The van der Waals surface area contributed by atoms with Crippen molar-refractivity contribution in [1.82, 2.24) is 10.8 Å². The number of rotatable bonds is 7. The molecule has 25 heavy (non-hydrogen) atoms. The molecular weight excluding hydrogens is 359 g/mol. The lowest BCUT2D eigenvalue weighted by molar-refractivity contribution is -0.125. The summed E-state index contributed by atoms with van der Waals surface area (Å²) in [6.07, 6.45) is 11.3. The van der Waals surface area contributed by atoms with E-state index in [4.69, 9.17) is 28.0 Å². The molecule has 2 N–H and O–H groups in total. The van der Waals surface area contributed by atoms with Gasteiger partial charge in [0.25, 0.3) is 0 Å². The number of halogens is 2. The van der Waals surface area contributed by atoms with Gasteiger partial charge in [0.15, 0.2) is 0 Å². The highest BCUT2D eigenvalue weighted by Gasteiger charge is 2.23. The number of hydrogen-bond acceptors (Lipinski definition) is 3. The third-order valence-electron chi connectivity index (χ3n) is 4.57. The van der Waals surface area contributed by atoms with Gasteiger partial charge in [-0.25, -0.2) is 0 Å². The fourth-order valence-corrected chi connectivity index (χ4v) is 3.85. The Morgan fingerprint density at radius 1 is 1.44 bits per heavy atom. The molecule has 0 aromatic heterocycles. The molecule has 2 atom stereocenters. The van der Waals surface area contributed by atoms with Gasteiger partial charge in [0.1, 0.15) is 5.76 Å². The normalized spacial score (nSPS) is 23.8. The lowest BCUT2D eigenvalue weighted by Crippen LogP contribution is -2.40. The summed E-state index contributed by atoms with van der Waals surface area (Å²) in [5.74, 6) is 1.47.